The van der Waals surface area contributed by atoms with Crippen molar-refractivity contribution in [2.75, 3.05) is 11.9 Å². The van der Waals surface area contributed by atoms with Crippen molar-refractivity contribution in [3.05, 3.63) is 63.3 Å². The number of hydrogen-bond donors (Lipinski definition) is 1. The molecular formula is C15H17N3O2. The second kappa shape index (κ2) is 6.14. The SMILES string of the molecule is Cc1ccccc1CCNc1cc(C)c([N+](=O)[O-])cn1. The molecule has 5 heteroatoms. The van der Waals surface area contributed by atoms with Gasteiger partial charge < -0.3 is 5.32 Å². The average Bonchev–Trinajstić information content (AvgIpc) is 2.40. The molecule has 0 radical (unpaired) electrons. The van der Waals surface area contributed by atoms with Crippen LogP contribution < -0.4 is 5.32 Å². The highest BCUT2D eigenvalue weighted by Crippen LogP contribution is 2.18. The molecule has 5 nitrogen and oxygen atoms in total. The second-order valence-electron chi connectivity index (χ2n) is 4.72. The third kappa shape index (κ3) is 3.32. The van der Waals surface area contributed by atoms with E-state index in [1.54, 1.807) is 13.0 Å². The summed E-state index contributed by atoms with van der Waals surface area (Å²) in [6, 6.07) is 9.94. The van der Waals surface area contributed by atoms with Crippen molar-refractivity contribution in [1.29, 1.82) is 0 Å². The standard InChI is InChI=1S/C15H17N3O2/c1-11-5-3-4-6-13(11)7-8-16-15-9-12(2)14(10-17-15)18(19)20/h3-6,9-10H,7-8H2,1-2H3,(H,16,17). The Labute approximate surface area is 117 Å². The van der Waals surface area contributed by atoms with Gasteiger partial charge in [0.2, 0.25) is 0 Å². The highest BCUT2D eigenvalue weighted by molar-refractivity contribution is 5.46. The quantitative estimate of drug-likeness (QED) is 0.669. The van der Waals surface area contributed by atoms with Gasteiger partial charge in [0.15, 0.2) is 0 Å². The first kappa shape index (κ1) is 14.0. The third-order valence-electron chi connectivity index (χ3n) is 3.24. The van der Waals surface area contributed by atoms with E-state index >= 15 is 0 Å². The van der Waals surface area contributed by atoms with Gasteiger partial charge in [0.1, 0.15) is 12.0 Å². The molecule has 104 valence electrons. The highest BCUT2D eigenvalue weighted by Gasteiger charge is 2.11. The molecule has 1 aromatic heterocycles. The lowest BCUT2D eigenvalue weighted by molar-refractivity contribution is -0.385. The molecule has 0 aliphatic rings. The lowest BCUT2D eigenvalue weighted by Crippen LogP contribution is -2.07. The fourth-order valence-corrected chi connectivity index (χ4v) is 2.05. The fraction of sp³-hybridized carbons (Fsp3) is 0.267. The molecule has 1 aromatic carbocycles. The zero-order valence-electron chi connectivity index (χ0n) is 11.6. The van der Waals surface area contributed by atoms with Crippen molar-refractivity contribution >= 4 is 11.5 Å². The van der Waals surface area contributed by atoms with Gasteiger partial charge in [0.05, 0.1) is 4.92 Å². The van der Waals surface area contributed by atoms with Gasteiger partial charge in [0, 0.05) is 12.1 Å². The summed E-state index contributed by atoms with van der Waals surface area (Å²) in [5.41, 5.74) is 3.22. The summed E-state index contributed by atoms with van der Waals surface area (Å²) >= 11 is 0. The molecular weight excluding hydrogens is 254 g/mol. The van der Waals surface area contributed by atoms with E-state index in [9.17, 15) is 10.1 Å². The Morgan fingerprint density at radius 1 is 1.25 bits per heavy atom. The van der Waals surface area contributed by atoms with Crippen LogP contribution in [-0.4, -0.2) is 16.5 Å². The summed E-state index contributed by atoms with van der Waals surface area (Å²) in [7, 11) is 0. The van der Waals surface area contributed by atoms with Crippen LogP contribution in [0, 0.1) is 24.0 Å². The summed E-state index contributed by atoms with van der Waals surface area (Å²) in [6.45, 7) is 4.55. The van der Waals surface area contributed by atoms with Crippen molar-refractivity contribution < 1.29 is 4.92 Å². The third-order valence-corrected chi connectivity index (χ3v) is 3.24. The van der Waals surface area contributed by atoms with E-state index in [1.807, 2.05) is 12.1 Å². The van der Waals surface area contributed by atoms with E-state index in [4.69, 9.17) is 0 Å². The van der Waals surface area contributed by atoms with Gasteiger partial charge in [-0.05, 0) is 37.5 Å². The number of hydrogen-bond acceptors (Lipinski definition) is 4. The molecule has 0 fully saturated rings. The molecule has 0 saturated carbocycles. The van der Waals surface area contributed by atoms with Crippen molar-refractivity contribution in [3.63, 3.8) is 0 Å². The Bertz CT molecular complexity index is 626. The van der Waals surface area contributed by atoms with Gasteiger partial charge in [-0.1, -0.05) is 24.3 Å². The fourth-order valence-electron chi connectivity index (χ4n) is 2.05. The lowest BCUT2D eigenvalue weighted by Gasteiger charge is -2.08. The number of aromatic nitrogens is 1. The molecule has 0 unspecified atom stereocenters. The summed E-state index contributed by atoms with van der Waals surface area (Å²) in [5, 5.41) is 13.9. The molecule has 1 N–H and O–H groups in total. The molecule has 0 bridgehead atoms. The van der Waals surface area contributed by atoms with Crippen molar-refractivity contribution in [2.45, 2.75) is 20.3 Å². The number of nitrogens with zero attached hydrogens (tertiary/aromatic N) is 2. The highest BCUT2D eigenvalue weighted by atomic mass is 16.6. The molecule has 0 aliphatic heterocycles. The van der Waals surface area contributed by atoms with Crippen molar-refractivity contribution in [1.82, 2.24) is 4.98 Å². The predicted molar refractivity (Wildman–Crippen MR) is 79.0 cm³/mol. The number of pyridine rings is 1. The summed E-state index contributed by atoms with van der Waals surface area (Å²) in [5.74, 6) is 0.668. The molecule has 2 aromatic rings. The number of nitrogens with one attached hydrogen (secondary N) is 1. The molecule has 20 heavy (non-hydrogen) atoms. The first-order valence-corrected chi connectivity index (χ1v) is 6.47. The molecule has 0 amide bonds. The molecule has 1 heterocycles. The van der Waals surface area contributed by atoms with E-state index in [-0.39, 0.29) is 5.69 Å². The van der Waals surface area contributed by atoms with E-state index < -0.39 is 4.92 Å². The lowest BCUT2D eigenvalue weighted by atomic mass is 10.1. The van der Waals surface area contributed by atoms with Crippen LogP contribution in [-0.2, 0) is 6.42 Å². The van der Waals surface area contributed by atoms with Crippen LogP contribution >= 0.6 is 0 Å². The minimum atomic E-state index is -0.417. The second-order valence-corrected chi connectivity index (χ2v) is 4.72. The predicted octanol–water partition coefficient (Wildman–Crippen LogP) is 3.26. The maximum Gasteiger partial charge on any atom is 0.290 e. The maximum absolute atomic E-state index is 10.7. The van der Waals surface area contributed by atoms with E-state index in [1.165, 1.54) is 17.3 Å². The Morgan fingerprint density at radius 3 is 2.65 bits per heavy atom. The van der Waals surface area contributed by atoms with Gasteiger partial charge in [-0.2, -0.15) is 0 Å². The normalized spacial score (nSPS) is 10.3. The topological polar surface area (TPSA) is 68.1 Å². The average molecular weight is 271 g/mol. The number of benzene rings is 1. The minimum Gasteiger partial charge on any atom is -0.370 e. The van der Waals surface area contributed by atoms with Crippen LogP contribution in [0.1, 0.15) is 16.7 Å². The summed E-state index contributed by atoms with van der Waals surface area (Å²) in [4.78, 5) is 14.4. The Kier molecular flexibility index (Phi) is 4.30. The van der Waals surface area contributed by atoms with Crippen LogP contribution in [0.3, 0.4) is 0 Å². The van der Waals surface area contributed by atoms with E-state index in [2.05, 4.69) is 29.4 Å². The molecule has 2 rings (SSSR count). The molecule has 0 atom stereocenters. The van der Waals surface area contributed by atoms with Crippen molar-refractivity contribution in [3.8, 4) is 0 Å². The largest absolute Gasteiger partial charge is 0.370 e. The Hall–Kier alpha value is -2.43. The van der Waals surface area contributed by atoms with Gasteiger partial charge in [-0.3, -0.25) is 10.1 Å². The minimum absolute atomic E-state index is 0.0504. The van der Waals surface area contributed by atoms with Gasteiger partial charge >= 0.3 is 0 Å². The van der Waals surface area contributed by atoms with E-state index in [0.717, 1.165) is 13.0 Å². The summed E-state index contributed by atoms with van der Waals surface area (Å²) in [6.07, 6.45) is 2.19. The van der Waals surface area contributed by atoms with Crippen LogP contribution in [0.25, 0.3) is 0 Å². The Morgan fingerprint density at radius 2 is 2.00 bits per heavy atom. The van der Waals surface area contributed by atoms with Crippen LogP contribution in [0.4, 0.5) is 11.5 Å². The van der Waals surface area contributed by atoms with Crippen LogP contribution in [0.2, 0.25) is 0 Å². The van der Waals surface area contributed by atoms with Gasteiger partial charge in [-0.25, -0.2) is 4.98 Å². The molecule has 0 spiro atoms. The van der Waals surface area contributed by atoms with Crippen molar-refractivity contribution in [2.24, 2.45) is 0 Å². The maximum atomic E-state index is 10.7. The first-order chi connectivity index (χ1) is 9.58. The van der Waals surface area contributed by atoms with Gasteiger partial charge in [0.25, 0.3) is 5.69 Å². The number of anilines is 1. The number of nitro groups is 1. The monoisotopic (exact) mass is 271 g/mol. The number of rotatable bonds is 5. The smallest absolute Gasteiger partial charge is 0.290 e. The summed E-state index contributed by atoms with van der Waals surface area (Å²) < 4.78 is 0. The first-order valence-electron chi connectivity index (χ1n) is 6.47. The number of aryl methyl sites for hydroxylation is 2. The zero-order chi connectivity index (χ0) is 14.5. The molecule has 0 saturated heterocycles. The van der Waals surface area contributed by atoms with Crippen LogP contribution in [0.5, 0.6) is 0 Å². The Balaban J connectivity index is 1.97. The molecule has 0 aliphatic carbocycles. The van der Waals surface area contributed by atoms with Crippen LogP contribution in [0.15, 0.2) is 36.5 Å². The zero-order valence-corrected chi connectivity index (χ0v) is 11.6. The van der Waals surface area contributed by atoms with E-state index in [0.29, 0.717) is 11.4 Å². The van der Waals surface area contributed by atoms with Gasteiger partial charge in [-0.15, -0.1) is 0 Å².